The second-order valence-corrected chi connectivity index (χ2v) is 7.39. The summed E-state index contributed by atoms with van der Waals surface area (Å²) in [5, 5.41) is 15.0. The first-order valence-corrected chi connectivity index (χ1v) is 9.54. The number of carbonyl (C=O) groups excluding carboxylic acids is 1. The average molecular weight is 362 g/mol. The Balaban J connectivity index is 2.01. The third kappa shape index (κ3) is 3.46. The molecule has 1 saturated heterocycles. The van der Waals surface area contributed by atoms with Gasteiger partial charge in [0.05, 0.1) is 0 Å². The molecule has 3 nitrogen and oxygen atoms in total. The first-order chi connectivity index (χ1) is 11.5. The molecule has 1 amide bonds. The Morgan fingerprint density at radius 2 is 1.75 bits per heavy atom. The van der Waals surface area contributed by atoms with E-state index in [9.17, 15) is 9.90 Å². The minimum Gasteiger partial charge on any atom is -0.380 e. The number of nitrogens with one attached hydrogen (secondary N) is 1. The molecule has 2 aromatic rings. The number of amides is 1. The van der Waals surface area contributed by atoms with E-state index < -0.39 is 5.60 Å². The van der Waals surface area contributed by atoms with Crippen molar-refractivity contribution in [3.63, 3.8) is 0 Å². The minimum atomic E-state index is -1.21. The van der Waals surface area contributed by atoms with Gasteiger partial charge in [0.2, 0.25) is 5.91 Å². The molecule has 2 atom stereocenters. The average Bonchev–Trinajstić information content (AvgIpc) is 3.00. The summed E-state index contributed by atoms with van der Waals surface area (Å²) in [4.78, 5) is 13.2. The smallest absolute Gasteiger partial charge is 0.223 e. The third-order valence-electron chi connectivity index (χ3n) is 4.59. The predicted molar refractivity (Wildman–Crippen MR) is 98.4 cm³/mol. The molecule has 0 bridgehead atoms. The summed E-state index contributed by atoms with van der Waals surface area (Å²) in [5.74, 6) is -0.172. The molecule has 2 aromatic carbocycles. The van der Waals surface area contributed by atoms with Crippen LogP contribution in [0.25, 0.3) is 0 Å². The molecular weight excluding hydrogens is 342 g/mol. The number of hydrogen-bond acceptors (Lipinski definition) is 3. The number of hydrogen-bond donors (Lipinski definition) is 2. The summed E-state index contributed by atoms with van der Waals surface area (Å²) in [5.41, 5.74) is 0.333. The first kappa shape index (κ1) is 17.3. The fourth-order valence-electron chi connectivity index (χ4n) is 3.19. The lowest BCUT2D eigenvalue weighted by molar-refractivity contribution is -0.124. The first-order valence-electron chi connectivity index (χ1n) is 7.93. The van der Waals surface area contributed by atoms with Gasteiger partial charge in [-0.15, -0.1) is 11.8 Å². The van der Waals surface area contributed by atoms with Gasteiger partial charge in [-0.3, -0.25) is 4.79 Å². The van der Waals surface area contributed by atoms with E-state index in [2.05, 4.69) is 5.32 Å². The van der Waals surface area contributed by atoms with Crippen molar-refractivity contribution in [1.82, 2.24) is 5.32 Å². The molecule has 0 aromatic heterocycles. The van der Waals surface area contributed by atoms with Crippen molar-refractivity contribution < 1.29 is 9.90 Å². The van der Waals surface area contributed by atoms with E-state index in [1.165, 1.54) is 0 Å². The quantitative estimate of drug-likeness (QED) is 0.796. The van der Waals surface area contributed by atoms with Gasteiger partial charge in [0, 0.05) is 22.4 Å². The summed E-state index contributed by atoms with van der Waals surface area (Å²) >= 11 is 7.65. The van der Waals surface area contributed by atoms with Gasteiger partial charge in [-0.25, -0.2) is 0 Å². The SMILES string of the molecule is CSc1ccc(C(O)(CC2CCNC2=O)c2ccc(Cl)cc2)cc1. The van der Waals surface area contributed by atoms with E-state index >= 15 is 0 Å². The number of halogens is 1. The monoisotopic (exact) mass is 361 g/mol. The second-order valence-electron chi connectivity index (χ2n) is 6.08. The van der Waals surface area contributed by atoms with Crippen molar-refractivity contribution in [3.05, 3.63) is 64.7 Å². The van der Waals surface area contributed by atoms with Gasteiger partial charge in [-0.1, -0.05) is 35.9 Å². The lowest BCUT2D eigenvalue weighted by Crippen LogP contribution is -2.33. The van der Waals surface area contributed by atoms with Gasteiger partial charge in [0.1, 0.15) is 5.60 Å². The lowest BCUT2D eigenvalue weighted by atomic mass is 9.79. The molecule has 0 aliphatic carbocycles. The van der Waals surface area contributed by atoms with Gasteiger partial charge >= 0.3 is 0 Å². The molecule has 5 heteroatoms. The Labute approximate surface area is 151 Å². The van der Waals surface area contributed by atoms with Crippen LogP contribution in [0.4, 0.5) is 0 Å². The standard InChI is InChI=1S/C19H20ClNO2S/c1-24-17-8-4-15(5-9-17)19(23,12-13-10-11-21-18(13)22)14-2-6-16(20)7-3-14/h2-9,13,23H,10-12H2,1H3,(H,21,22). The fourth-order valence-corrected chi connectivity index (χ4v) is 3.73. The highest BCUT2D eigenvalue weighted by atomic mass is 35.5. The van der Waals surface area contributed by atoms with E-state index in [0.717, 1.165) is 22.4 Å². The number of thioether (sulfide) groups is 1. The van der Waals surface area contributed by atoms with E-state index in [4.69, 9.17) is 11.6 Å². The third-order valence-corrected chi connectivity index (χ3v) is 5.59. The zero-order valence-electron chi connectivity index (χ0n) is 13.5. The fraction of sp³-hybridized carbons (Fsp3) is 0.316. The summed E-state index contributed by atoms with van der Waals surface area (Å²) in [7, 11) is 0. The van der Waals surface area contributed by atoms with Crippen LogP contribution < -0.4 is 5.32 Å². The van der Waals surface area contributed by atoms with Crippen molar-refractivity contribution >= 4 is 29.3 Å². The minimum absolute atomic E-state index is 0.0168. The van der Waals surface area contributed by atoms with E-state index in [0.29, 0.717) is 18.0 Å². The largest absolute Gasteiger partial charge is 0.380 e. The number of benzene rings is 2. The highest BCUT2D eigenvalue weighted by Crippen LogP contribution is 2.38. The maximum absolute atomic E-state index is 12.0. The van der Waals surface area contributed by atoms with E-state index in [1.807, 2.05) is 42.7 Å². The number of rotatable bonds is 5. The predicted octanol–water partition coefficient (Wildman–Crippen LogP) is 3.82. The van der Waals surface area contributed by atoms with Crippen molar-refractivity contribution in [1.29, 1.82) is 0 Å². The van der Waals surface area contributed by atoms with Crippen LogP contribution >= 0.6 is 23.4 Å². The van der Waals surface area contributed by atoms with Crippen LogP contribution in [0.5, 0.6) is 0 Å². The summed E-state index contributed by atoms with van der Waals surface area (Å²) in [6.07, 6.45) is 3.12. The van der Waals surface area contributed by atoms with Crippen LogP contribution in [-0.2, 0) is 10.4 Å². The Kier molecular flexibility index (Phi) is 5.18. The van der Waals surface area contributed by atoms with Gasteiger partial charge in [0.15, 0.2) is 0 Å². The Bertz CT molecular complexity index is 717. The van der Waals surface area contributed by atoms with E-state index in [1.54, 1.807) is 23.9 Å². The molecule has 2 N–H and O–H groups in total. The maximum atomic E-state index is 12.0. The Morgan fingerprint density at radius 1 is 1.17 bits per heavy atom. The lowest BCUT2D eigenvalue weighted by Gasteiger charge is -2.31. The van der Waals surface area contributed by atoms with E-state index in [-0.39, 0.29) is 11.8 Å². The molecule has 0 spiro atoms. The van der Waals surface area contributed by atoms with Crippen LogP contribution in [0.3, 0.4) is 0 Å². The zero-order valence-corrected chi connectivity index (χ0v) is 15.0. The van der Waals surface area contributed by atoms with Crippen molar-refractivity contribution in [2.24, 2.45) is 5.92 Å². The Morgan fingerprint density at radius 3 is 2.25 bits per heavy atom. The van der Waals surface area contributed by atoms with Crippen molar-refractivity contribution in [3.8, 4) is 0 Å². The Hall–Kier alpha value is -1.49. The summed E-state index contributed by atoms with van der Waals surface area (Å²) in [6, 6.07) is 15.1. The van der Waals surface area contributed by atoms with Crippen molar-refractivity contribution in [2.75, 3.05) is 12.8 Å². The maximum Gasteiger partial charge on any atom is 0.223 e. The summed E-state index contributed by atoms with van der Waals surface area (Å²) < 4.78 is 0. The van der Waals surface area contributed by atoms with Gasteiger partial charge in [-0.05, 0) is 54.5 Å². The van der Waals surface area contributed by atoms with Gasteiger partial charge in [-0.2, -0.15) is 0 Å². The number of carbonyl (C=O) groups is 1. The van der Waals surface area contributed by atoms with Crippen LogP contribution in [0, 0.1) is 5.92 Å². The molecule has 1 aliphatic rings. The van der Waals surface area contributed by atoms with Crippen molar-refractivity contribution in [2.45, 2.75) is 23.3 Å². The molecule has 24 heavy (non-hydrogen) atoms. The molecule has 1 heterocycles. The molecule has 1 aliphatic heterocycles. The normalized spacial score (nSPS) is 19.8. The van der Waals surface area contributed by atoms with Crippen LogP contribution in [-0.4, -0.2) is 23.8 Å². The molecule has 0 saturated carbocycles. The van der Waals surface area contributed by atoms with Gasteiger partial charge < -0.3 is 10.4 Å². The molecule has 3 rings (SSSR count). The molecule has 2 unspecified atom stereocenters. The highest BCUT2D eigenvalue weighted by molar-refractivity contribution is 7.98. The number of aliphatic hydroxyl groups is 1. The molecule has 1 fully saturated rings. The van der Waals surface area contributed by atoms with Gasteiger partial charge in [0.25, 0.3) is 0 Å². The zero-order chi connectivity index (χ0) is 17.2. The summed E-state index contributed by atoms with van der Waals surface area (Å²) in [6.45, 7) is 0.672. The van der Waals surface area contributed by atoms with Crippen LogP contribution in [0.2, 0.25) is 5.02 Å². The van der Waals surface area contributed by atoms with Crippen LogP contribution in [0.15, 0.2) is 53.4 Å². The molecular formula is C19H20ClNO2S. The topological polar surface area (TPSA) is 49.3 Å². The van der Waals surface area contributed by atoms with Crippen LogP contribution in [0.1, 0.15) is 24.0 Å². The second kappa shape index (κ2) is 7.18. The molecule has 126 valence electrons. The molecule has 0 radical (unpaired) electrons. The highest BCUT2D eigenvalue weighted by Gasteiger charge is 2.38.